The van der Waals surface area contributed by atoms with Crippen LogP contribution >= 0.6 is 0 Å². The number of hydrogen-bond acceptors (Lipinski definition) is 5. The van der Waals surface area contributed by atoms with Crippen molar-refractivity contribution in [3.05, 3.63) is 64.1 Å². The summed E-state index contributed by atoms with van der Waals surface area (Å²) in [6.07, 6.45) is 3.03. The van der Waals surface area contributed by atoms with Crippen molar-refractivity contribution < 1.29 is 19.2 Å². The third-order valence-corrected chi connectivity index (χ3v) is 4.54. The molecule has 2 heterocycles. The zero-order valence-electron chi connectivity index (χ0n) is 13.7. The van der Waals surface area contributed by atoms with Crippen molar-refractivity contribution in [2.75, 3.05) is 6.54 Å². The Kier molecular flexibility index (Phi) is 5.14. The lowest BCUT2D eigenvalue weighted by atomic mass is 10.0. The molecular weight excluding hydrogens is 324 g/mol. The van der Waals surface area contributed by atoms with Gasteiger partial charge in [-0.25, -0.2) is 0 Å². The third kappa shape index (κ3) is 4.06. The minimum atomic E-state index is -0.744. The number of rotatable bonds is 6. The molecule has 1 saturated heterocycles. The Labute approximate surface area is 145 Å². The molecule has 1 fully saturated rings. The Morgan fingerprint density at radius 2 is 2.24 bits per heavy atom. The van der Waals surface area contributed by atoms with E-state index in [1.807, 2.05) is 0 Å². The van der Waals surface area contributed by atoms with E-state index in [9.17, 15) is 20.0 Å². The molecule has 1 N–H and O–H groups in total. The standard InChI is InChI=1S/C18H20N2O5/c21-16(17-7-3-9-25-17)12-14-6-2-8-19(14)18(22)11-13-4-1-5-15(10-13)20(23)24/h1,3-5,7,9-10,14,16,21H,2,6,8,11-12H2/t14-,16+/m0/s1. The van der Waals surface area contributed by atoms with Gasteiger partial charge >= 0.3 is 0 Å². The molecule has 0 radical (unpaired) electrons. The lowest BCUT2D eigenvalue weighted by Gasteiger charge is -2.26. The van der Waals surface area contributed by atoms with Crippen molar-refractivity contribution in [3.8, 4) is 0 Å². The minimum absolute atomic E-state index is 0.0171. The maximum absolute atomic E-state index is 12.6. The Morgan fingerprint density at radius 1 is 1.40 bits per heavy atom. The topological polar surface area (TPSA) is 96.8 Å². The summed E-state index contributed by atoms with van der Waals surface area (Å²) in [6, 6.07) is 9.53. The number of aliphatic hydroxyl groups is 1. The number of hydrogen-bond donors (Lipinski definition) is 1. The Hall–Kier alpha value is -2.67. The lowest BCUT2D eigenvalue weighted by molar-refractivity contribution is -0.384. The van der Waals surface area contributed by atoms with E-state index in [0.29, 0.717) is 24.3 Å². The fourth-order valence-corrected chi connectivity index (χ4v) is 3.32. The first-order valence-corrected chi connectivity index (χ1v) is 8.29. The van der Waals surface area contributed by atoms with E-state index in [4.69, 9.17) is 4.42 Å². The average Bonchev–Trinajstić information content (AvgIpc) is 3.26. The average molecular weight is 344 g/mol. The molecule has 2 aromatic rings. The van der Waals surface area contributed by atoms with E-state index in [0.717, 1.165) is 12.8 Å². The highest BCUT2D eigenvalue weighted by molar-refractivity contribution is 5.79. The second-order valence-electron chi connectivity index (χ2n) is 6.25. The molecule has 1 aromatic heterocycles. The fourth-order valence-electron chi connectivity index (χ4n) is 3.32. The lowest BCUT2D eigenvalue weighted by Crippen LogP contribution is -2.37. The predicted molar refractivity (Wildman–Crippen MR) is 89.8 cm³/mol. The summed E-state index contributed by atoms with van der Waals surface area (Å²) in [5.74, 6) is 0.424. The number of nitrogens with zero attached hydrogens (tertiary/aromatic N) is 2. The van der Waals surface area contributed by atoms with E-state index < -0.39 is 11.0 Å². The maximum atomic E-state index is 12.6. The van der Waals surface area contributed by atoms with Gasteiger partial charge in [-0.3, -0.25) is 14.9 Å². The number of aliphatic hydroxyl groups excluding tert-OH is 1. The van der Waals surface area contributed by atoms with Crippen LogP contribution in [-0.2, 0) is 11.2 Å². The molecule has 1 amide bonds. The van der Waals surface area contributed by atoms with Gasteiger partial charge in [0, 0.05) is 31.1 Å². The van der Waals surface area contributed by atoms with Crippen LogP contribution in [-0.4, -0.2) is 33.4 Å². The van der Waals surface area contributed by atoms with Crippen LogP contribution in [0.15, 0.2) is 47.1 Å². The summed E-state index contributed by atoms with van der Waals surface area (Å²) in [5, 5.41) is 21.1. The summed E-state index contributed by atoms with van der Waals surface area (Å²) >= 11 is 0. The van der Waals surface area contributed by atoms with Crippen LogP contribution < -0.4 is 0 Å². The molecule has 3 rings (SSSR count). The second-order valence-corrected chi connectivity index (χ2v) is 6.25. The molecule has 1 aliphatic heterocycles. The second kappa shape index (κ2) is 7.48. The summed E-state index contributed by atoms with van der Waals surface area (Å²) in [7, 11) is 0. The van der Waals surface area contributed by atoms with Crippen molar-refractivity contribution in [1.29, 1.82) is 0 Å². The number of non-ortho nitro benzene ring substituents is 1. The molecule has 0 unspecified atom stereocenters. The molecule has 0 saturated carbocycles. The first-order chi connectivity index (χ1) is 12.0. The number of carbonyl (C=O) groups excluding carboxylic acids is 1. The van der Waals surface area contributed by atoms with Crippen LogP contribution in [0.5, 0.6) is 0 Å². The number of nitro benzene ring substituents is 1. The molecule has 132 valence electrons. The van der Waals surface area contributed by atoms with Gasteiger partial charge in [0.25, 0.3) is 5.69 Å². The summed E-state index contributed by atoms with van der Waals surface area (Å²) in [4.78, 5) is 24.8. The highest BCUT2D eigenvalue weighted by Crippen LogP contribution is 2.28. The monoisotopic (exact) mass is 344 g/mol. The number of amides is 1. The predicted octanol–water partition coefficient (Wildman–Crippen LogP) is 2.85. The van der Waals surface area contributed by atoms with Gasteiger partial charge in [-0.05, 0) is 30.5 Å². The van der Waals surface area contributed by atoms with Gasteiger partial charge < -0.3 is 14.4 Å². The fraction of sp³-hybridized carbons (Fsp3) is 0.389. The molecule has 25 heavy (non-hydrogen) atoms. The van der Waals surface area contributed by atoms with Gasteiger partial charge in [0.2, 0.25) is 5.91 Å². The number of benzene rings is 1. The van der Waals surface area contributed by atoms with Crippen molar-refractivity contribution in [2.24, 2.45) is 0 Å². The van der Waals surface area contributed by atoms with Gasteiger partial charge in [0.1, 0.15) is 11.9 Å². The Balaban J connectivity index is 1.64. The normalized spacial score (nSPS) is 18.3. The number of nitro groups is 1. The number of carbonyl (C=O) groups is 1. The van der Waals surface area contributed by atoms with Crippen LogP contribution in [0, 0.1) is 10.1 Å². The van der Waals surface area contributed by atoms with Gasteiger partial charge in [-0.1, -0.05) is 12.1 Å². The highest BCUT2D eigenvalue weighted by atomic mass is 16.6. The molecule has 1 aliphatic rings. The van der Waals surface area contributed by atoms with Gasteiger partial charge in [0.15, 0.2) is 0 Å². The molecule has 7 heteroatoms. The Bertz CT molecular complexity index is 744. The molecule has 7 nitrogen and oxygen atoms in total. The largest absolute Gasteiger partial charge is 0.467 e. The SMILES string of the molecule is O=C(Cc1cccc([N+](=O)[O-])c1)N1CCC[C@H]1C[C@@H](O)c1ccco1. The summed E-state index contributed by atoms with van der Waals surface area (Å²) in [6.45, 7) is 0.642. The summed E-state index contributed by atoms with van der Waals surface area (Å²) in [5.41, 5.74) is 0.605. The van der Waals surface area contributed by atoms with Crippen LogP contribution in [0.1, 0.15) is 36.7 Å². The quantitative estimate of drug-likeness (QED) is 0.642. The van der Waals surface area contributed by atoms with Crippen molar-refractivity contribution in [3.63, 3.8) is 0 Å². The van der Waals surface area contributed by atoms with Gasteiger partial charge in [-0.15, -0.1) is 0 Å². The van der Waals surface area contributed by atoms with Crippen LogP contribution in [0.4, 0.5) is 5.69 Å². The molecule has 2 atom stereocenters. The van der Waals surface area contributed by atoms with E-state index >= 15 is 0 Å². The van der Waals surface area contributed by atoms with E-state index in [-0.39, 0.29) is 24.1 Å². The third-order valence-electron chi connectivity index (χ3n) is 4.54. The molecule has 0 aliphatic carbocycles. The minimum Gasteiger partial charge on any atom is -0.467 e. The molecular formula is C18H20N2O5. The van der Waals surface area contributed by atoms with Gasteiger partial charge in [0.05, 0.1) is 17.6 Å². The highest BCUT2D eigenvalue weighted by Gasteiger charge is 2.31. The van der Waals surface area contributed by atoms with E-state index in [1.165, 1.54) is 18.4 Å². The Morgan fingerprint density at radius 3 is 2.96 bits per heavy atom. The molecule has 0 spiro atoms. The van der Waals surface area contributed by atoms with Crippen molar-refractivity contribution in [2.45, 2.75) is 37.8 Å². The number of likely N-dealkylation sites (tertiary alicyclic amines) is 1. The first kappa shape index (κ1) is 17.2. The van der Waals surface area contributed by atoms with Crippen LogP contribution in [0.2, 0.25) is 0 Å². The molecule has 0 bridgehead atoms. The van der Waals surface area contributed by atoms with E-state index in [1.54, 1.807) is 29.2 Å². The van der Waals surface area contributed by atoms with Crippen LogP contribution in [0.3, 0.4) is 0 Å². The zero-order valence-corrected chi connectivity index (χ0v) is 13.7. The number of furan rings is 1. The smallest absolute Gasteiger partial charge is 0.269 e. The van der Waals surface area contributed by atoms with Crippen molar-refractivity contribution >= 4 is 11.6 Å². The van der Waals surface area contributed by atoms with Crippen LogP contribution in [0.25, 0.3) is 0 Å². The van der Waals surface area contributed by atoms with E-state index in [2.05, 4.69) is 0 Å². The maximum Gasteiger partial charge on any atom is 0.269 e. The zero-order chi connectivity index (χ0) is 17.8. The first-order valence-electron chi connectivity index (χ1n) is 8.29. The van der Waals surface area contributed by atoms with Crippen molar-refractivity contribution in [1.82, 2.24) is 4.90 Å². The molecule has 1 aromatic carbocycles. The van der Waals surface area contributed by atoms with Gasteiger partial charge in [-0.2, -0.15) is 0 Å². The summed E-state index contributed by atoms with van der Waals surface area (Å²) < 4.78 is 5.22.